The first-order valence-electron chi connectivity index (χ1n) is 14.1. The normalized spacial score (nSPS) is 11.3. The number of pyridine rings is 2. The Labute approximate surface area is 247 Å². The molecule has 0 atom stereocenters. The number of aromatic nitrogens is 6. The van der Waals surface area contributed by atoms with Gasteiger partial charge in [-0.25, -0.2) is 15.0 Å². The summed E-state index contributed by atoms with van der Waals surface area (Å²) in [6.45, 7) is 0. The molecular weight excluding hydrogens is 528 g/mol. The lowest BCUT2D eigenvalue weighted by Gasteiger charge is -2.08. The van der Waals surface area contributed by atoms with Gasteiger partial charge < -0.3 is 4.98 Å². The van der Waals surface area contributed by atoms with Crippen LogP contribution in [0.3, 0.4) is 0 Å². The second-order valence-corrected chi connectivity index (χ2v) is 10.3. The molecule has 43 heavy (non-hydrogen) atoms. The molecule has 0 radical (unpaired) electrons. The maximum absolute atomic E-state index is 4.92. The van der Waals surface area contributed by atoms with Crippen molar-refractivity contribution in [1.82, 2.24) is 29.9 Å². The van der Waals surface area contributed by atoms with Crippen LogP contribution in [-0.2, 0) is 0 Å². The molecule has 0 aliphatic carbocycles. The van der Waals surface area contributed by atoms with E-state index in [1.54, 1.807) is 6.20 Å². The molecule has 0 unspecified atom stereocenters. The summed E-state index contributed by atoms with van der Waals surface area (Å²) in [4.78, 5) is 27.4. The summed E-state index contributed by atoms with van der Waals surface area (Å²) in [7, 11) is 0. The predicted octanol–water partition coefficient (Wildman–Crippen LogP) is 8.63. The van der Waals surface area contributed by atoms with Crippen molar-refractivity contribution in [2.45, 2.75) is 0 Å². The highest BCUT2D eigenvalue weighted by Crippen LogP contribution is 2.33. The van der Waals surface area contributed by atoms with Gasteiger partial charge in [0.2, 0.25) is 0 Å². The number of H-pyrrole nitrogens is 1. The Kier molecular flexibility index (Phi) is 6.01. The lowest BCUT2D eigenvalue weighted by atomic mass is 10.0. The number of hydrogen-bond donors (Lipinski definition) is 1. The van der Waals surface area contributed by atoms with E-state index in [1.165, 1.54) is 0 Å². The summed E-state index contributed by atoms with van der Waals surface area (Å²) in [6.07, 6.45) is 3.68. The highest BCUT2D eigenvalue weighted by Gasteiger charge is 2.14. The van der Waals surface area contributed by atoms with Gasteiger partial charge in [-0.05, 0) is 54.6 Å². The molecule has 4 aromatic heterocycles. The van der Waals surface area contributed by atoms with E-state index in [4.69, 9.17) is 19.9 Å². The van der Waals surface area contributed by atoms with Crippen LogP contribution in [0.15, 0.2) is 140 Å². The number of rotatable bonds is 5. The molecule has 0 saturated carbocycles. The highest BCUT2D eigenvalue weighted by atomic mass is 15.0. The number of nitrogens with zero attached hydrogens (tertiary/aromatic N) is 5. The fourth-order valence-electron chi connectivity index (χ4n) is 5.38. The van der Waals surface area contributed by atoms with Crippen molar-refractivity contribution in [3.8, 4) is 56.7 Å². The van der Waals surface area contributed by atoms with Crippen LogP contribution in [0.5, 0.6) is 0 Å². The topological polar surface area (TPSA) is 80.2 Å². The van der Waals surface area contributed by atoms with E-state index in [0.29, 0.717) is 17.5 Å². The van der Waals surface area contributed by atoms with Crippen molar-refractivity contribution in [3.05, 3.63) is 140 Å². The molecule has 0 bridgehead atoms. The molecule has 8 aromatic rings. The Hall–Kier alpha value is -6.01. The van der Waals surface area contributed by atoms with Gasteiger partial charge in [0, 0.05) is 62.0 Å². The van der Waals surface area contributed by atoms with Crippen LogP contribution in [0.25, 0.3) is 78.5 Å². The van der Waals surface area contributed by atoms with Crippen molar-refractivity contribution >= 4 is 21.8 Å². The SMILES string of the molecule is c1ccc(-c2nc(-c3ccccc3)nc(-c3ccc4[nH]c5ccc(-c6ccc(-c7ccccn7)cn6)cc5c4c3)n2)cc1. The Morgan fingerprint density at radius 2 is 0.930 bits per heavy atom. The molecule has 0 spiro atoms. The summed E-state index contributed by atoms with van der Waals surface area (Å²) in [5, 5.41) is 2.22. The second kappa shape index (κ2) is 10.4. The Bertz CT molecular complexity index is 2150. The van der Waals surface area contributed by atoms with Crippen molar-refractivity contribution in [1.29, 1.82) is 0 Å². The van der Waals surface area contributed by atoms with Crippen LogP contribution in [0.1, 0.15) is 0 Å². The number of benzene rings is 4. The number of aromatic amines is 1. The van der Waals surface area contributed by atoms with Gasteiger partial charge in [0.1, 0.15) is 0 Å². The summed E-state index contributed by atoms with van der Waals surface area (Å²) < 4.78 is 0. The Morgan fingerprint density at radius 1 is 0.395 bits per heavy atom. The minimum Gasteiger partial charge on any atom is -0.355 e. The lowest BCUT2D eigenvalue weighted by molar-refractivity contribution is 1.07. The predicted molar refractivity (Wildman–Crippen MR) is 172 cm³/mol. The van der Waals surface area contributed by atoms with E-state index < -0.39 is 0 Å². The van der Waals surface area contributed by atoms with E-state index in [0.717, 1.165) is 61.0 Å². The lowest BCUT2D eigenvalue weighted by Crippen LogP contribution is -2.00. The van der Waals surface area contributed by atoms with Crippen LogP contribution in [0.4, 0.5) is 0 Å². The average molecular weight is 553 g/mol. The third kappa shape index (κ3) is 4.71. The minimum absolute atomic E-state index is 0.631. The average Bonchev–Trinajstić information content (AvgIpc) is 3.46. The minimum atomic E-state index is 0.631. The Morgan fingerprint density at radius 3 is 1.51 bits per heavy atom. The zero-order valence-electron chi connectivity index (χ0n) is 23.0. The smallest absolute Gasteiger partial charge is 0.164 e. The summed E-state index contributed by atoms with van der Waals surface area (Å²) >= 11 is 0. The van der Waals surface area contributed by atoms with Crippen molar-refractivity contribution in [3.63, 3.8) is 0 Å². The molecule has 202 valence electrons. The molecule has 4 heterocycles. The van der Waals surface area contributed by atoms with Crippen molar-refractivity contribution in [2.24, 2.45) is 0 Å². The molecule has 0 amide bonds. The molecule has 0 aliphatic rings. The van der Waals surface area contributed by atoms with Crippen LogP contribution in [0, 0.1) is 0 Å². The zero-order chi connectivity index (χ0) is 28.6. The van der Waals surface area contributed by atoms with Crippen LogP contribution >= 0.6 is 0 Å². The summed E-state index contributed by atoms with van der Waals surface area (Å²) in [6, 6.07) is 42.8. The number of hydrogen-bond acceptors (Lipinski definition) is 5. The highest BCUT2D eigenvalue weighted by molar-refractivity contribution is 6.09. The van der Waals surface area contributed by atoms with E-state index in [1.807, 2.05) is 91.1 Å². The summed E-state index contributed by atoms with van der Waals surface area (Å²) in [5.41, 5.74) is 8.78. The van der Waals surface area contributed by atoms with E-state index >= 15 is 0 Å². The first-order chi connectivity index (χ1) is 21.3. The molecule has 6 nitrogen and oxygen atoms in total. The molecule has 0 saturated heterocycles. The first-order valence-corrected chi connectivity index (χ1v) is 14.1. The van der Waals surface area contributed by atoms with Gasteiger partial charge >= 0.3 is 0 Å². The monoisotopic (exact) mass is 552 g/mol. The third-order valence-corrected chi connectivity index (χ3v) is 7.58. The van der Waals surface area contributed by atoms with Gasteiger partial charge in [0.05, 0.1) is 11.4 Å². The van der Waals surface area contributed by atoms with E-state index in [-0.39, 0.29) is 0 Å². The van der Waals surface area contributed by atoms with Gasteiger partial charge in [-0.3, -0.25) is 9.97 Å². The van der Waals surface area contributed by atoms with Gasteiger partial charge in [0.15, 0.2) is 17.5 Å². The Balaban J connectivity index is 1.23. The molecule has 0 fully saturated rings. The molecule has 6 heteroatoms. The maximum Gasteiger partial charge on any atom is 0.164 e. The number of fused-ring (bicyclic) bond motifs is 3. The van der Waals surface area contributed by atoms with Gasteiger partial charge in [-0.2, -0.15) is 0 Å². The molecular formula is C37H24N6. The fourth-order valence-corrected chi connectivity index (χ4v) is 5.38. The molecule has 8 rings (SSSR count). The molecule has 4 aromatic carbocycles. The van der Waals surface area contributed by atoms with Crippen LogP contribution in [0.2, 0.25) is 0 Å². The van der Waals surface area contributed by atoms with Crippen molar-refractivity contribution < 1.29 is 0 Å². The van der Waals surface area contributed by atoms with Crippen LogP contribution in [-0.4, -0.2) is 29.9 Å². The zero-order valence-corrected chi connectivity index (χ0v) is 23.0. The van der Waals surface area contributed by atoms with Crippen LogP contribution < -0.4 is 0 Å². The van der Waals surface area contributed by atoms with E-state index in [2.05, 4.69) is 52.4 Å². The van der Waals surface area contributed by atoms with Gasteiger partial charge in [-0.15, -0.1) is 0 Å². The van der Waals surface area contributed by atoms with Gasteiger partial charge in [0.25, 0.3) is 0 Å². The standard InChI is InChI=1S/C37H24N6/c1-3-9-24(10-4-1)35-41-36(25-11-5-2-6-12-25)43-37(42-35)27-15-19-34-30(22-27)29-21-26(14-18-33(29)40-34)32-17-16-28(23-39-32)31-13-7-8-20-38-31/h1-23,40H. The molecule has 0 aliphatic heterocycles. The van der Waals surface area contributed by atoms with E-state index in [9.17, 15) is 0 Å². The maximum atomic E-state index is 4.92. The summed E-state index contributed by atoms with van der Waals surface area (Å²) in [5.74, 6) is 1.92. The van der Waals surface area contributed by atoms with Crippen molar-refractivity contribution in [2.75, 3.05) is 0 Å². The fraction of sp³-hybridized carbons (Fsp3) is 0. The third-order valence-electron chi connectivity index (χ3n) is 7.58. The number of nitrogens with one attached hydrogen (secondary N) is 1. The largest absolute Gasteiger partial charge is 0.355 e. The second-order valence-electron chi connectivity index (χ2n) is 10.3. The molecule has 1 N–H and O–H groups in total. The first kappa shape index (κ1) is 24.8. The van der Waals surface area contributed by atoms with Gasteiger partial charge in [-0.1, -0.05) is 72.8 Å². The quantitative estimate of drug-likeness (QED) is 0.231.